The van der Waals surface area contributed by atoms with Crippen molar-refractivity contribution < 1.29 is 28.6 Å². The van der Waals surface area contributed by atoms with Gasteiger partial charge in [0.05, 0.1) is 19.5 Å². The number of carbonyl (C=O) groups excluding carboxylic acids is 3. The lowest BCUT2D eigenvalue weighted by molar-refractivity contribution is -0.150. The minimum atomic E-state index is -0.125. The number of ether oxygens (including phenoxy) is 3. The second kappa shape index (κ2) is 28.9. The van der Waals surface area contributed by atoms with Crippen molar-refractivity contribution in [1.29, 1.82) is 0 Å². The minimum Gasteiger partial charge on any atom is -0.466 e. The van der Waals surface area contributed by atoms with E-state index in [1.165, 1.54) is 11.1 Å². The summed E-state index contributed by atoms with van der Waals surface area (Å²) in [6, 6.07) is 0. The molecule has 0 spiro atoms. The second-order valence-electron chi connectivity index (χ2n) is 14.6. The number of imidazole rings is 1. The molecule has 0 bridgehead atoms. The van der Waals surface area contributed by atoms with Crippen molar-refractivity contribution in [2.75, 3.05) is 13.2 Å². The van der Waals surface area contributed by atoms with Crippen molar-refractivity contribution in [2.24, 2.45) is 11.8 Å². The van der Waals surface area contributed by atoms with Crippen molar-refractivity contribution in [2.45, 2.75) is 176 Å². The molecule has 1 heterocycles. The van der Waals surface area contributed by atoms with Gasteiger partial charge in [-0.3, -0.25) is 14.4 Å². The first-order valence-electron chi connectivity index (χ1n) is 19.3. The molecule has 0 radical (unpaired) electrons. The number of allylic oxidation sites excluding steroid dienone is 4. The van der Waals surface area contributed by atoms with Crippen LogP contribution in [0.4, 0.5) is 0 Å². The Hall–Kier alpha value is -2.90. The van der Waals surface area contributed by atoms with Crippen LogP contribution < -0.4 is 0 Å². The zero-order valence-electron chi connectivity index (χ0n) is 32.0. The van der Waals surface area contributed by atoms with Crippen molar-refractivity contribution >= 4 is 17.9 Å². The number of esters is 3. The van der Waals surface area contributed by atoms with E-state index in [1.807, 2.05) is 10.8 Å². The number of carbonyl (C=O) groups is 3. The van der Waals surface area contributed by atoms with Crippen LogP contribution in [0.5, 0.6) is 0 Å². The van der Waals surface area contributed by atoms with Crippen molar-refractivity contribution in [1.82, 2.24) is 9.55 Å². The summed E-state index contributed by atoms with van der Waals surface area (Å²) >= 11 is 0. The van der Waals surface area contributed by atoms with Gasteiger partial charge in [0, 0.05) is 38.2 Å². The highest BCUT2D eigenvalue weighted by Gasteiger charge is 2.15. The molecule has 0 N–H and O–H groups in total. The molecule has 0 amide bonds. The first kappa shape index (κ1) is 44.1. The molecular weight excluding hydrogens is 616 g/mol. The fourth-order valence-electron chi connectivity index (χ4n) is 5.74. The zero-order valence-corrected chi connectivity index (χ0v) is 32.0. The molecule has 1 aromatic rings. The fraction of sp³-hybridized carbons (Fsp3) is 0.756. The van der Waals surface area contributed by atoms with Crippen LogP contribution in [-0.4, -0.2) is 46.8 Å². The van der Waals surface area contributed by atoms with E-state index in [9.17, 15) is 14.4 Å². The maximum Gasteiger partial charge on any atom is 0.306 e. The summed E-state index contributed by atoms with van der Waals surface area (Å²) in [5, 5.41) is 0. The third kappa shape index (κ3) is 27.6. The van der Waals surface area contributed by atoms with E-state index in [2.05, 4.69) is 58.7 Å². The molecule has 280 valence electrons. The Morgan fingerprint density at radius 1 is 0.653 bits per heavy atom. The van der Waals surface area contributed by atoms with Crippen LogP contribution in [-0.2, 0) is 35.1 Å². The fourth-order valence-corrected chi connectivity index (χ4v) is 5.74. The van der Waals surface area contributed by atoms with Gasteiger partial charge in [0.15, 0.2) is 0 Å². The first-order chi connectivity index (χ1) is 23.5. The van der Waals surface area contributed by atoms with Crippen LogP contribution in [0.3, 0.4) is 0 Å². The van der Waals surface area contributed by atoms with E-state index in [4.69, 9.17) is 14.2 Å². The van der Waals surface area contributed by atoms with E-state index in [0.29, 0.717) is 44.3 Å². The van der Waals surface area contributed by atoms with E-state index in [-0.39, 0.29) is 24.0 Å². The topological polar surface area (TPSA) is 96.7 Å². The smallest absolute Gasteiger partial charge is 0.306 e. The number of unbranched alkanes of at least 4 members (excludes halogenated alkanes) is 7. The Bertz CT molecular complexity index is 1060. The predicted octanol–water partition coefficient (Wildman–Crippen LogP) is 10.5. The molecule has 49 heavy (non-hydrogen) atoms. The summed E-state index contributed by atoms with van der Waals surface area (Å²) in [7, 11) is 0. The normalized spacial score (nSPS) is 12.9. The van der Waals surface area contributed by atoms with E-state index >= 15 is 0 Å². The van der Waals surface area contributed by atoms with E-state index in [0.717, 1.165) is 109 Å². The maximum absolute atomic E-state index is 12.6. The Balaban J connectivity index is 2.27. The molecule has 0 saturated heterocycles. The monoisotopic (exact) mass is 687 g/mol. The van der Waals surface area contributed by atoms with Gasteiger partial charge < -0.3 is 18.8 Å². The lowest BCUT2D eigenvalue weighted by Gasteiger charge is -2.18. The van der Waals surface area contributed by atoms with Gasteiger partial charge in [-0.2, -0.15) is 0 Å². The first-order valence-corrected chi connectivity index (χ1v) is 19.3. The standard InChI is InChI=1S/C41H70N2O6/c1-34(2)19-16-21-36(5)31-40(45)47-29-14-10-7-8-12-23-38(49-39(44)25-18-27-43-28-26-42-33-43)24-13-9-11-15-30-48-41(46)32-37(6)22-17-20-35(3)4/h19-20,26,28,33,36-38H,7-18,21-25,27,29-32H2,1-6H3/t36?,37-,38?/m0/s1. The van der Waals surface area contributed by atoms with Gasteiger partial charge in [-0.1, -0.05) is 69.2 Å². The van der Waals surface area contributed by atoms with Crippen LogP contribution in [0.1, 0.15) is 164 Å². The predicted molar refractivity (Wildman–Crippen MR) is 199 cm³/mol. The molecule has 3 atom stereocenters. The second-order valence-corrected chi connectivity index (χ2v) is 14.6. The number of hydrogen-bond acceptors (Lipinski definition) is 7. The molecule has 0 aliphatic carbocycles. The van der Waals surface area contributed by atoms with Gasteiger partial charge >= 0.3 is 17.9 Å². The molecule has 2 unspecified atom stereocenters. The molecule has 1 rings (SSSR count). The van der Waals surface area contributed by atoms with Gasteiger partial charge in [-0.25, -0.2) is 4.98 Å². The molecule has 0 aromatic carbocycles. The quantitative estimate of drug-likeness (QED) is 0.0344. The molecule has 8 heteroatoms. The Morgan fingerprint density at radius 2 is 1.14 bits per heavy atom. The van der Waals surface area contributed by atoms with Crippen molar-refractivity contribution in [3.63, 3.8) is 0 Å². The minimum absolute atomic E-state index is 0.0638. The average Bonchev–Trinajstić information content (AvgIpc) is 3.54. The Labute approximate surface area is 298 Å². The molecule has 1 aromatic heterocycles. The number of nitrogens with zero attached hydrogens (tertiary/aromatic N) is 2. The van der Waals surface area contributed by atoms with Crippen LogP contribution in [0.25, 0.3) is 0 Å². The number of rotatable bonds is 30. The molecule has 0 fully saturated rings. The number of aryl methyl sites for hydroxylation is 1. The highest BCUT2D eigenvalue weighted by Crippen LogP contribution is 2.18. The zero-order chi connectivity index (χ0) is 36.1. The summed E-state index contributed by atoms with van der Waals surface area (Å²) in [6.07, 6.45) is 26.6. The average molecular weight is 687 g/mol. The van der Waals surface area contributed by atoms with Gasteiger partial charge in [-0.15, -0.1) is 0 Å². The highest BCUT2D eigenvalue weighted by molar-refractivity contribution is 5.70. The third-order valence-electron chi connectivity index (χ3n) is 8.73. The van der Waals surface area contributed by atoms with Crippen molar-refractivity contribution in [3.05, 3.63) is 42.0 Å². The summed E-state index contributed by atoms with van der Waals surface area (Å²) in [5.41, 5.74) is 2.63. The van der Waals surface area contributed by atoms with E-state index < -0.39 is 0 Å². The lowest BCUT2D eigenvalue weighted by atomic mass is 10.0. The molecule has 0 aliphatic rings. The summed E-state index contributed by atoms with van der Waals surface area (Å²) < 4.78 is 18.9. The Kier molecular flexibility index (Phi) is 26.0. The summed E-state index contributed by atoms with van der Waals surface area (Å²) in [5.74, 6) is 0.367. The molecule has 8 nitrogen and oxygen atoms in total. The Morgan fingerprint density at radius 3 is 1.61 bits per heavy atom. The SMILES string of the molecule is CC(C)=CCCC(C)CC(=O)OCCCCCCCC(CCCCCCOC(=O)C[C@@H](C)CCC=C(C)C)OC(=O)CCCn1ccnc1. The van der Waals surface area contributed by atoms with Crippen molar-refractivity contribution in [3.8, 4) is 0 Å². The molecule has 0 aliphatic heterocycles. The summed E-state index contributed by atoms with van der Waals surface area (Å²) in [6.45, 7) is 14.3. The largest absolute Gasteiger partial charge is 0.466 e. The third-order valence-corrected chi connectivity index (χ3v) is 8.73. The van der Waals surface area contributed by atoms with Crippen LogP contribution in [0.2, 0.25) is 0 Å². The highest BCUT2D eigenvalue weighted by atomic mass is 16.5. The molecular formula is C41H70N2O6. The maximum atomic E-state index is 12.6. The van der Waals surface area contributed by atoms with Gasteiger partial charge in [0.2, 0.25) is 0 Å². The van der Waals surface area contributed by atoms with Crippen LogP contribution in [0.15, 0.2) is 42.0 Å². The van der Waals surface area contributed by atoms with Crippen LogP contribution in [0, 0.1) is 11.8 Å². The van der Waals surface area contributed by atoms with Gasteiger partial charge in [-0.05, 0) is 110 Å². The number of hydrogen-bond donors (Lipinski definition) is 0. The van der Waals surface area contributed by atoms with Crippen LogP contribution >= 0.6 is 0 Å². The van der Waals surface area contributed by atoms with Gasteiger partial charge in [0.25, 0.3) is 0 Å². The number of aromatic nitrogens is 2. The van der Waals surface area contributed by atoms with Gasteiger partial charge in [0.1, 0.15) is 6.10 Å². The van der Waals surface area contributed by atoms with E-state index in [1.54, 1.807) is 12.5 Å². The lowest BCUT2D eigenvalue weighted by Crippen LogP contribution is -2.18. The molecule has 0 saturated carbocycles. The summed E-state index contributed by atoms with van der Waals surface area (Å²) in [4.78, 5) is 41.0.